The molecule has 3 N–H and O–H groups in total. The predicted octanol–water partition coefficient (Wildman–Crippen LogP) is 1.90. The lowest BCUT2D eigenvalue weighted by atomic mass is 10.0. The molecule has 1 heterocycles. The van der Waals surface area contributed by atoms with E-state index in [0.29, 0.717) is 17.0 Å². The van der Waals surface area contributed by atoms with E-state index in [9.17, 15) is 0 Å². The predicted molar refractivity (Wildman–Crippen MR) is 71.9 cm³/mol. The molecule has 2 rings (SSSR count). The zero-order chi connectivity index (χ0) is 13.0. The molecule has 0 aliphatic heterocycles. The number of nitrogen functional groups attached to an aromatic ring is 1. The standard InChI is InChI=1S/C13H21N3O2/c1-17-8-7-13(5-6-13)9-15-11-4-3-10(14)12(16-11)18-2/h3-4H,5-9,14H2,1-2H3,(H,15,16). The third kappa shape index (κ3) is 3.04. The minimum Gasteiger partial charge on any atom is -0.479 e. The molecule has 18 heavy (non-hydrogen) atoms. The van der Waals surface area contributed by atoms with E-state index < -0.39 is 0 Å². The Bertz CT molecular complexity index is 405. The highest BCUT2D eigenvalue weighted by Gasteiger charge is 2.41. The molecule has 0 bridgehead atoms. The third-order valence-corrected chi connectivity index (χ3v) is 3.52. The lowest BCUT2D eigenvalue weighted by molar-refractivity contribution is 0.175. The smallest absolute Gasteiger partial charge is 0.238 e. The minimum absolute atomic E-state index is 0.395. The van der Waals surface area contributed by atoms with Crippen LogP contribution in [-0.2, 0) is 4.74 Å². The van der Waals surface area contributed by atoms with Gasteiger partial charge in [-0.25, -0.2) is 0 Å². The molecule has 1 aliphatic rings. The van der Waals surface area contributed by atoms with Gasteiger partial charge in [0.1, 0.15) is 5.82 Å². The highest BCUT2D eigenvalue weighted by molar-refractivity contribution is 5.53. The van der Waals surface area contributed by atoms with E-state index in [4.69, 9.17) is 15.2 Å². The summed E-state index contributed by atoms with van der Waals surface area (Å²) in [5.74, 6) is 1.28. The van der Waals surface area contributed by atoms with Gasteiger partial charge in [-0.2, -0.15) is 4.98 Å². The van der Waals surface area contributed by atoms with Gasteiger partial charge in [-0.15, -0.1) is 0 Å². The first kappa shape index (κ1) is 13.0. The van der Waals surface area contributed by atoms with Gasteiger partial charge in [0.2, 0.25) is 5.88 Å². The van der Waals surface area contributed by atoms with E-state index in [1.807, 2.05) is 12.1 Å². The number of nitrogens with two attached hydrogens (primary N) is 1. The van der Waals surface area contributed by atoms with Crippen molar-refractivity contribution < 1.29 is 9.47 Å². The van der Waals surface area contributed by atoms with Crippen LogP contribution in [0.1, 0.15) is 19.3 Å². The molecule has 100 valence electrons. The molecule has 0 unspecified atom stereocenters. The number of hydrogen-bond acceptors (Lipinski definition) is 5. The van der Waals surface area contributed by atoms with Crippen molar-refractivity contribution in [3.8, 4) is 5.88 Å². The van der Waals surface area contributed by atoms with E-state index in [1.54, 1.807) is 14.2 Å². The van der Waals surface area contributed by atoms with Crippen molar-refractivity contribution in [1.29, 1.82) is 0 Å². The highest BCUT2D eigenvalue weighted by atomic mass is 16.5. The van der Waals surface area contributed by atoms with Crippen LogP contribution in [0, 0.1) is 5.41 Å². The molecule has 5 nitrogen and oxygen atoms in total. The molecule has 0 atom stereocenters. The van der Waals surface area contributed by atoms with Gasteiger partial charge in [0.25, 0.3) is 0 Å². The number of methoxy groups -OCH3 is 2. The number of anilines is 2. The van der Waals surface area contributed by atoms with Crippen LogP contribution in [0.3, 0.4) is 0 Å². The Hall–Kier alpha value is -1.49. The number of nitrogens with zero attached hydrogens (tertiary/aromatic N) is 1. The Balaban J connectivity index is 1.90. The molecule has 1 aromatic heterocycles. The summed E-state index contributed by atoms with van der Waals surface area (Å²) in [5.41, 5.74) is 6.68. The lowest BCUT2D eigenvalue weighted by Gasteiger charge is -2.16. The van der Waals surface area contributed by atoms with Crippen molar-refractivity contribution in [2.45, 2.75) is 19.3 Å². The van der Waals surface area contributed by atoms with Crippen molar-refractivity contribution in [3.63, 3.8) is 0 Å². The second-order valence-corrected chi connectivity index (χ2v) is 4.89. The molecule has 1 fully saturated rings. The number of nitrogens with one attached hydrogen (secondary N) is 1. The van der Waals surface area contributed by atoms with Gasteiger partial charge in [-0.05, 0) is 36.8 Å². The Morgan fingerprint density at radius 3 is 2.78 bits per heavy atom. The third-order valence-electron chi connectivity index (χ3n) is 3.52. The van der Waals surface area contributed by atoms with E-state index in [1.165, 1.54) is 12.8 Å². The maximum absolute atomic E-state index is 5.73. The molecule has 0 amide bonds. The first-order valence-electron chi connectivity index (χ1n) is 6.22. The zero-order valence-corrected chi connectivity index (χ0v) is 11.0. The summed E-state index contributed by atoms with van der Waals surface area (Å²) in [6, 6.07) is 3.69. The van der Waals surface area contributed by atoms with Crippen LogP contribution in [0.4, 0.5) is 11.5 Å². The normalized spacial score (nSPS) is 16.3. The topological polar surface area (TPSA) is 69.4 Å². The minimum atomic E-state index is 0.395. The second-order valence-electron chi connectivity index (χ2n) is 4.89. The van der Waals surface area contributed by atoms with Crippen LogP contribution < -0.4 is 15.8 Å². The van der Waals surface area contributed by atoms with Gasteiger partial charge >= 0.3 is 0 Å². The van der Waals surface area contributed by atoms with Crippen molar-refractivity contribution in [2.75, 3.05) is 38.4 Å². The molecule has 1 aliphatic carbocycles. The SMILES string of the molecule is COCCC1(CNc2ccc(N)c(OC)n2)CC1. The first-order valence-corrected chi connectivity index (χ1v) is 6.22. The van der Waals surface area contributed by atoms with E-state index in [0.717, 1.165) is 25.4 Å². The Morgan fingerprint density at radius 1 is 1.39 bits per heavy atom. The molecule has 1 saturated carbocycles. The Morgan fingerprint density at radius 2 is 2.17 bits per heavy atom. The van der Waals surface area contributed by atoms with Crippen molar-refractivity contribution in [3.05, 3.63) is 12.1 Å². The molecule has 5 heteroatoms. The van der Waals surface area contributed by atoms with Gasteiger partial charge in [0.05, 0.1) is 12.8 Å². The average Bonchev–Trinajstić information content (AvgIpc) is 3.16. The first-order chi connectivity index (χ1) is 8.69. The Kier molecular flexibility index (Phi) is 3.91. The fourth-order valence-electron chi connectivity index (χ4n) is 2.00. The summed E-state index contributed by atoms with van der Waals surface area (Å²) in [6.07, 6.45) is 3.62. The fourth-order valence-corrected chi connectivity index (χ4v) is 2.00. The van der Waals surface area contributed by atoms with Gasteiger partial charge in [-0.3, -0.25) is 0 Å². The van der Waals surface area contributed by atoms with Crippen LogP contribution in [-0.4, -0.2) is 32.4 Å². The number of rotatable bonds is 7. The lowest BCUT2D eigenvalue weighted by Crippen LogP contribution is -2.18. The number of pyridine rings is 1. The van der Waals surface area contributed by atoms with Gasteiger partial charge in [0.15, 0.2) is 0 Å². The summed E-state index contributed by atoms with van der Waals surface area (Å²) < 4.78 is 10.2. The van der Waals surface area contributed by atoms with Gasteiger partial charge in [0, 0.05) is 20.3 Å². The maximum atomic E-state index is 5.73. The van der Waals surface area contributed by atoms with E-state index in [-0.39, 0.29) is 0 Å². The van der Waals surface area contributed by atoms with Crippen LogP contribution in [0.25, 0.3) is 0 Å². The summed E-state index contributed by atoms with van der Waals surface area (Å²) in [6.45, 7) is 1.75. The molecular formula is C13H21N3O2. The molecular weight excluding hydrogens is 230 g/mol. The molecule has 0 aromatic carbocycles. The number of hydrogen-bond donors (Lipinski definition) is 2. The highest BCUT2D eigenvalue weighted by Crippen LogP contribution is 2.48. The van der Waals surface area contributed by atoms with Crippen LogP contribution in [0.5, 0.6) is 5.88 Å². The maximum Gasteiger partial charge on any atom is 0.238 e. The number of ether oxygens (including phenoxy) is 2. The molecule has 0 saturated heterocycles. The van der Waals surface area contributed by atoms with Crippen molar-refractivity contribution >= 4 is 11.5 Å². The van der Waals surface area contributed by atoms with E-state index >= 15 is 0 Å². The summed E-state index contributed by atoms with van der Waals surface area (Å²) >= 11 is 0. The largest absolute Gasteiger partial charge is 0.479 e. The zero-order valence-electron chi connectivity index (χ0n) is 11.0. The average molecular weight is 251 g/mol. The second kappa shape index (κ2) is 5.44. The Labute approximate surface area is 108 Å². The molecule has 1 aromatic rings. The van der Waals surface area contributed by atoms with Crippen LogP contribution in [0.15, 0.2) is 12.1 Å². The van der Waals surface area contributed by atoms with E-state index in [2.05, 4.69) is 10.3 Å². The summed E-state index contributed by atoms with van der Waals surface area (Å²) in [5, 5.41) is 3.36. The quantitative estimate of drug-likeness (QED) is 0.774. The van der Waals surface area contributed by atoms with Gasteiger partial charge in [-0.1, -0.05) is 0 Å². The van der Waals surface area contributed by atoms with Crippen LogP contribution in [0.2, 0.25) is 0 Å². The number of aromatic nitrogens is 1. The van der Waals surface area contributed by atoms with Crippen LogP contribution >= 0.6 is 0 Å². The molecule has 0 spiro atoms. The van der Waals surface area contributed by atoms with Gasteiger partial charge < -0.3 is 20.5 Å². The fraction of sp³-hybridized carbons (Fsp3) is 0.615. The van der Waals surface area contributed by atoms with Crippen molar-refractivity contribution in [1.82, 2.24) is 4.98 Å². The summed E-state index contributed by atoms with van der Waals surface area (Å²) in [4.78, 5) is 4.31. The summed E-state index contributed by atoms with van der Waals surface area (Å²) in [7, 11) is 3.32. The monoisotopic (exact) mass is 251 g/mol. The molecule has 0 radical (unpaired) electrons. The van der Waals surface area contributed by atoms with Crippen molar-refractivity contribution in [2.24, 2.45) is 5.41 Å².